The van der Waals surface area contributed by atoms with Gasteiger partial charge in [0.25, 0.3) is 5.91 Å². The Balaban J connectivity index is 2.30. The number of rotatable bonds is 6. The summed E-state index contributed by atoms with van der Waals surface area (Å²) in [5.74, 6) is -0.337. The van der Waals surface area contributed by atoms with Crippen molar-refractivity contribution in [1.29, 1.82) is 0 Å². The highest BCUT2D eigenvalue weighted by Gasteiger charge is 2.04. The van der Waals surface area contributed by atoms with Crippen molar-refractivity contribution < 1.29 is 19.1 Å². The number of carbonyl (C=O) groups is 1. The number of carbonyl (C=O) groups excluding carboxylic acids is 1. The molecule has 0 spiro atoms. The van der Waals surface area contributed by atoms with Crippen molar-refractivity contribution in [3.8, 4) is 0 Å². The van der Waals surface area contributed by atoms with Crippen molar-refractivity contribution in [3.05, 3.63) is 34.4 Å². The van der Waals surface area contributed by atoms with E-state index < -0.39 is 5.63 Å². The van der Waals surface area contributed by atoms with Crippen LogP contribution in [0.3, 0.4) is 0 Å². The predicted molar refractivity (Wildman–Crippen MR) is 55.2 cm³/mol. The molecular formula is C10H13NO5. The van der Waals surface area contributed by atoms with Crippen LogP contribution in [0.2, 0.25) is 0 Å². The third kappa shape index (κ3) is 4.24. The molecular weight excluding hydrogens is 214 g/mol. The maximum absolute atomic E-state index is 11.4. The summed E-state index contributed by atoms with van der Waals surface area (Å²) in [6, 6.07) is 2.56. The molecule has 6 heteroatoms. The van der Waals surface area contributed by atoms with E-state index in [9.17, 15) is 9.59 Å². The summed E-state index contributed by atoms with van der Waals surface area (Å²) in [7, 11) is 0. The van der Waals surface area contributed by atoms with Crippen LogP contribution in [0.4, 0.5) is 0 Å². The van der Waals surface area contributed by atoms with Crippen molar-refractivity contribution in [2.75, 3.05) is 26.4 Å². The molecule has 1 amide bonds. The molecule has 0 unspecified atom stereocenters. The van der Waals surface area contributed by atoms with E-state index in [0.29, 0.717) is 13.2 Å². The van der Waals surface area contributed by atoms with Gasteiger partial charge >= 0.3 is 5.63 Å². The highest BCUT2D eigenvalue weighted by atomic mass is 16.5. The Hall–Kier alpha value is -1.66. The van der Waals surface area contributed by atoms with Crippen LogP contribution in [0.25, 0.3) is 0 Å². The molecule has 1 heterocycles. The standard InChI is InChI=1S/C10H13NO5/c12-4-6-15-5-3-11-10(14)8-1-2-9(13)16-7-8/h1-2,7,12H,3-6H2,(H,11,14). The molecule has 1 aromatic rings. The van der Waals surface area contributed by atoms with Crippen molar-refractivity contribution in [3.63, 3.8) is 0 Å². The summed E-state index contributed by atoms with van der Waals surface area (Å²) in [6.45, 7) is 0.856. The lowest BCUT2D eigenvalue weighted by Crippen LogP contribution is -2.27. The molecule has 2 N–H and O–H groups in total. The van der Waals surface area contributed by atoms with Crippen LogP contribution in [0.1, 0.15) is 10.4 Å². The lowest BCUT2D eigenvalue weighted by molar-refractivity contribution is 0.0836. The van der Waals surface area contributed by atoms with E-state index in [1.807, 2.05) is 0 Å². The van der Waals surface area contributed by atoms with E-state index in [0.717, 1.165) is 6.26 Å². The van der Waals surface area contributed by atoms with Gasteiger partial charge in [0.05, 0.1) is 25.4 Å². The monoisotopic (exact) mass is 227 g/mol. The van der Waals surface area contributed by atoms with Gasteiger partial charge in [-0.2, -0.15) is 0 Å². The SMILES string of the molecule is O=C(NCCOCCO)c1ccc(=O)oc1. The van der Waals surface area contributed by atoms with E-state index in [2.05, 4.69) is 9.73 Å². The number of hydrogen-bond acceptors (Lipinski definition) is 5. The van der Waals surface area contributed by atoms with Gasteiger partial charge in [0.1, 0.15) is 6.26 Å². The molecule has 0 saturated heterocycles. The van der Waals surface area contributed by atoms with Gasteiger partial charge in [-0.25, -0.2) is 4.79 Å². The number of ether oxygens (including phenoxy) is 1. The van der Waals surface area contributed by atoms with Crippen molar-refractivity contribution >= 4 is 5.91 Å². The molecule has 0 aliphatic heterocycles. The van der Waals surface area contributed by atoms with Crippen molar-refractivity contribution in [2.24, 2.45) is 0 Å². The van der Waals surface area contributed by atoms with Gasteiger partial charge in [0.2, 0.25) is 0 Å². The smallest absolute Gasteiger partial charge is 0.335 e. The van der Waals surface area contributed by atoms with Crippen LogP contribution in [0.5, 0.6) is 0 Å². The molecule has 0 bridgehead atoms. The summed E-state index contributed by atoms with van der Waals surface area (Å²) in [5.41, 5.74) is -0.218. The third-order valence-corrected chi connectivity index (χ3v) is 1.73. The number of nitrogens with one attached hydrogen (secondary N) is 1. The zero-order valence-electron chi connectivity index (χ0n) is 8.64. The summed E-state index contributed by atoms with van der Waals surface area (Å²) in [4.78, 5) is 22.0. The minimum atomic E-state index is -0.497. The minimum Gasteiger partial charge on any atom is -0.430 e. The third-order valence-electron chi connectivity index (χ3n) is 1.73. The highest BCUT2D eigenvalue weighted by Crippen LogP contribution is 1.94. The van der Waals surface area contributed by atoms with Gasteiger partial charge in [-0.1, -0.05) is 0 Å². The predicted octanol–water partition coefficient (Wildman–Crippen LogP) is -0.622. The average Bonchev–Trinajstić information content (AvgIpc) is 2.29. The van der Waals surface area contributed by atoms with Crippen LogP contribution < -0.4 is 10.9 Å². The average molecular weight is 227 g/mol. The summed E-state index contributed by atoms with van der Waals surface area (Å²) < 4.78 is 9.49. The van der Waals surface area contributed by atoms with Crippen molar-refractivity contribution in [1.82, 2.24) is 5.32 Å². The number of aliphatic hydroxyl groups excluding tert-OH is 1. The first-order chi connectivity index (χ1) is 7.74. The fourth-order valence-electron chi connectivity index (χ4n) is 0.993. The van der Waals surface area contributed by atoms with Crippen LogP contribution in [0, 0.1) is 0 Å². The first-order valence-electron chi connectivity index (χ1n) is 4.79. The van der Waals surface area contributed by atoms with Gasteiger partial charge in [0.15, 0.2) is 0 Å². The largest absolute Gasteiger partial charge is 0.430 e. The molecule has 0 radical (unpaired) electrons. The zero-order chi connectivity index (χ0) is 11.8. The van der Waals surface area contributed by atoms with E-state index in [1.165, 1.54) is 12.1 Å². The summed E-state index contributed by atoms with van der Waals surface area (Å²) in [5, 5.41) is 11.0. The lowest BCUT2D eigenvalue weighted by Gasteiger charge is -2.04. The lowest BCUT2D eigenvalue weighted by atomic mass is 10.3. The first-order valence-corrected chi connectivity index (χ1v) is 4.79. The number of amides is 1. The fourth-order valence-corrected chi connectivity index (χ4v) is 0.993. The maximum atomic E-state index is 11.4. The summed E-state index contributed by atoms with van der Waals surface area (Å²) >= 11 is 0. The van der Waals surface area contributed by atoms with Crippen LogP contribution >= 0.6 is 0 Å². The Morgan fingerprint density at radius 3 is 2.88 bits per heavy atom. The van der Waals surface area contributed by atoms with Crippen LogP contribution in [0.15, 0.2) is 27.6 Å². The van der Waals surface area contributed by atoms with Gasteiger partial charge in [-0.05, 0) is 6.07 Å². The molecule has 0 saturated carbocycles. The Morgan fingerprint density at radius 2 is 2.25 bits per heavy atom. The van der Waals surface area contributed by atoms with Crippen LogP contribution in [-0.2, 0) is 4.74 Å². The van der Waals surface area contributed by atoms with Gasteiger partial charge in [-0.15, -0.1) is 0 Å². The minimum absolute atomic E-state index is 0.0439. The fraction of sp³-hybridized carbons (Fsp3) is 0.400. The molecule has 1 aromatic heterocycles. The van der Waals surface area contributed by atoms with E-state index >= 15 is 0 Å². The van der Waals surface area contributed by atoms with Gasteiger partial charge in [-0.3, -0.25) is 4.79 Å². The molecule has 1 rings (SSSR count). The summed E-state index contributed by atoms with van der Waals surface area (Å²) in [6.07, 6.45) is 1.10. The second kappa shape index (κ2) is 6.76. The molecule has 0 aliphatic carbocycles. The van der Waals surface area contributed by atoms with E-state index in [4.69, 9.17) is 9.84 Å². The second-order valence-electron chi connectivity index (χ2n) is 2.94. The van der Waals surface area contributed by atoms with Crippen LogP contribution in [-0.4, -0.2) is 37.4 Å². The van der Waals surface area contributed by atoms with E-state index in [-0.39, 0.29) is 24.7 Å². The zero-order valence-corrected chi connectivity index (χ0v) is 8.64. The molecule has 0 atom stereocenters. The molecule has 0 aliphatic rings. The Labute approximate surface area is 91.8 Å². The number of hydrogen-bond donors (Lipinski definition) is 2. The molecule has 0 aromatic carbocycles. The Morgan fingerprint density at radius 1 is 1.44 bits per heavy atom. The second-order valence-corrected chi connectivity index (χ2v) is 2.94. The quantitative estimate of drug-likeness (QED) is 0.632. The van der Waals surface area contributed by atoms with Gasteiger partial charge in [0, 0.05) is 12.6 Å². The molecule has 16 heavy (non-hydrogen) atoms. The molecule has 6 nitrogen and oxygen atoms in total. The van der Waals surface area contributed by atoms with Gasteiger partial charge < -0.3 is 19.6 Å². The Kier molecular flexibility index (Phi) is 5.24. The highest BCUT2D eigenvalue weighted by molar-refractivity contribution is 5.93. The van der Waals surface area contributed by atoms with Crippen molar-refractivity contribution in [2.45, 2.75) is 0 Å². The number of aliphatic hydroxyl groups is 1. The Bertz CT molecular complexity index is 367. The normalized spacial score (nSPS) is 10.1. The van der Waals surface area contributed by atoms with E-state index in [1.54, 1.807) is 0 Å². The molecule has 0 fully saturated rings. The maximum Gasteiger partial charge on any atom is 0.335 e. The first kappa shape index (κ1) is 12.4. The topological polar surface area (TPSA) is 88.8 Å². The molecule has 88 valence electrons.